The van der Waals surface area contributed by atoms with Crippen LogP contribution in [0.5, 0.6) is 0 Å². The van der Waals surface area contributed by atoms with Crippen LogP contribution in [0.2, 0.25) is 0 Å². The summed E-state index contributed by atoms with van der Waals surface area (Å²) < 4.78 is 4.98. The van der Waals surface area contributed by atoms with Crippen molar-refractivity contribution in [2.24, 2.45) is 0 Å². The van der Waals surface area contributed by atoms with Crippen molar-refractivity contribution < 1.29 is 10.2 Å². The molecule has 2 heteroatoms. The van der Waals surface area contributed by atoms with Gasteiger partial charge in [0.2, 0.25) is 0 Å². The topological polar surface area (TPSA) is 40.7 Å². The van der Waals surface area contributed by atoms with Crippen LogP contribution in [0.15, 0.2) is 0 Å². The van der Waals surface area contributed by atoms with Gasteiger partial charge in [-0.3, -0.25) is 0 Å². The van der Waals surface area contributed by atoms with Crippen molar-refractivity contribution in [1.82, 2.24) is 0 Å². The second-order valence-electron chi connectivity index (χ2n) is 1.20. The van der Waals surface area contributed by atoms with Crippen LogP contribution in [-0.2, 0) is 4.74 Å². The SMILES string of the molecule is CCCOCC.O. The van der Waals surface area contributed by atoms with Gasteiger partial charge in [0, 0.05) is 13.2 Å². The van der Waals surface area contributed by atoms with Crippen molar-refractivity contribution in [2.45, 2.75) is 20.3 Å². The Kier molecular flexibility index (Phi) is 13.3. The van der Waals surface area contributed by atoms with Gasteiger partial charge in [-0.15, -0.1) is 0 Å². The van der Waals surface area contributed by atoms with Crippen LogP contribution in [0.3, 0.4) is 0 Å². The predicted molar refractivity (Wildman–Crippen MR) is 30.4 cm³/mol. The molecular formula is C5H14O2. The average Bonchev–Trinajstić information content (AvgIpc) is 1.61. The van der Waals surface area contributed by atoms with Gasteiger partial charge in [0.1, 0.15) is 0 Å². The summed E-state index contributed by atoms with van der Waals surface area (Å²) in [7, 11) is 0. The fourth-order valence-corrected chi connectivity index (χ4v) is 0.289. The molecule has 0 spiro atoms. The van der Waals surface area contributed by atoms with E-state index in [0.717, 1.165) is 19.6 Å². The molecule has 0 rings (SSSR count). The van der Waals surface area contributed by atoms with Gasteiger partial charge in [-0.05, 0) is 13.3 Å². The summed E-state index contributed by atoms with van der Waals surface area (Å²) in [6, 6.07) is 0. The van der Waals surface area contributed by atoms with Crippen molar-refractivity contribution in [3.63, 3.8) is 0 Å². The van der Waals surface area contributed by atoms with Crippen molar-refractivity contribution >= 4 is 0 Å². The number of hydrogen-bond donors (Lipinski definition) is 0. The van der Waals surface area contributed by atoms with Gasteiger partial charge in [0.05, 0.1) is 0 Å². The minimum atomic E-state index is 0. The highest BCUT2D eigenvalue weighted by Gasteiger charge is 1.72. The van der Waals surface area contributed by atoms with E-state index in [1.807, 2.05) is 6.92 Å². The maximum atomic E-state index is 4.98. The molecule has 0 aliphatic carbocycles. The van der Waals surface area contributed by atoms with Crippen LogP contribution in [0.25, 0.3) is 0 Å². The van der Waals surface area contributed by atoms with Gasteiger partial charge >= 0.3 is 0 Å². The maximum Gasteiger partial charge on any atom is 0.0463 e. The normalized spacial score (nSPS) is 7.71. The smallest absolute Gasteiger partial charge is 0.0463 e. The number of hydrogen-bond acceptors (Lipinski definition) is 1. The molecule has 0 saturated heterocycles. The monoisotopic (exact) mass is 106 g/mol. The third-order valence-corrected chi connectivity index (χ3v) is 0.553. The fourth-order valence-electron chi connectivity index (χ4n) is 0.289. The summed E-state index contributed by atoms with van der Waals surface area (Å²) in [5, 5.41) is 0. The molecule has 0 saturated carbocycles. The zero-order valence-electron chi connectivity index (χ0n) is 5.03. The zero-order valence-corrected chi connectivity index (χ0v) is 5.03. The van der Waals surface area contributed by atoms with E-state index in [-0.39, 0.29) is 5.48 Å². The number of ether oxygens (including phenoxy) is 1. The lowest BCUT2D eigenvalue weighted by atomic mass is 10.5. The first-order valence-corrected chi connectivity index (χ1v) is 2.49. The van der Waals surface area contributed by atoms with Crippen LogP contribution in [0.4, 0.5) is 0 Å². The van der Waals surface area contributed by atoms with Gasteiger partial charge in [-0.1, -0.05) is 6.92 Å². The predicted octanol–water partition coefficient (Wildman–Crippen LogP) is 0.608. The second-order valence-corrected chi connectivity index (χ2v) is 1.20. The molecule has 0 unspecified atom stereocenters. The third kappa shape index (κ3) is 10.7. The molecule has 0 aromatic heterocycles. The van der Waals surface area contributed by atoms with Crippen LogP contribution in [0.1, 0.15) is 20.3 Å². The molecule has 0 aliphatic rings. The molecule has 7 heavy (non-hydrogen) atoms. The summed E-state index contributed by atoms with van der Waals surface area (Å²) >= 11 is 0. The van der Waals surface area contributed by atoms with Gasteiger partial charge in [-0.2, -0.15) is 0 Å². The van der Waals surface area contributed by atoms with Gasteiger partial charge in [0.25, 0.3) is 0 Å². The lowest BCUT2D eigenvalue weighted by molar-refractivity contribution is 0.148. The first-order chi connectivity index (χ1) is 2.91. The standard InChI is InChI=1S/C5H12O.H2O/c1-3-5-6-4-2;/h3-5H2,1-2H3;1H2. The Morgan fingerprint density at radius 3 is 2.00 bits per heavy atom. The van der Waals surface area contributed by atoms with E-state index in [1.54, 1.807) is 0 Å². The maximum absolute atomic E-state index is 4.98. The Bertz CT molecular complexity index is 18.0. The van der Waals surface area contributed by atoms with Crippen molar-refractivity contribution in [3.05, 3.63) is 0 Å². The van der Waals surface area contributed by atoms with E-state index in [2.05, 4.69) is 6.92 Å². The van der Waals surface area contributed by atoms with Crippen molar-refractivity contribution in [2.75, 3.05) is 13.2 Å². The lowest BCUT2D eigenvalue weighted by Gasteiger charge is -1.91. The molecule has 2 nitrogen and oxygen atoms in total. The van der Waals surface area contributed by atoms with E-state index >= 15 is 0 Å². The highest BCUT2D eigenvalue weighted by molar-refractivity contribution is 4.19. The molecule has 0 aromatic carbocycles. The van der Waals surface area contributed by atoms with Crippen LogP contribution >= 0.6 is 0 Å². The molecule has 0 amide bonds. The largest absolute Gasteiger partial charge is 0.412 e. The quantitative estimate of drug-likeness (QED) is 0.486. The molecule has 0 bridgehead atoms. The Morgan fingerprint density at radius 2 is 1.86 bits per heavy atom. The molecule has 2 N–H and O–H groups in total. The van der Waals surface area contributed by atoms with E-state index in [0.29, 0.717) is 0 Å². The first kappa shape index (κ1) is 10.0. The number of rotatable bonds is 3. The van der Waals surface area contributed by atoms with Crippen molar-refractivity contribution in [1.29, 1.82) is 0 Å². The minimum Gasteiger partial charge on any atom is -0.412 e. The zero-order chi connectivity index (χ0) is 4.83. The molecular weight excluding hydrogens is 92.1 g/mol. The first-order valence-electron chi connectivity index (χ1n) is 2.49. The van der Waals surface area contributed by atoms with Gasteiger partial charge in [0.15, 0.2) is 0 Å². The molecule has 0 atom stereocenters. The molecule has 0 aliphatic heterocycles. The Labute approximate surface area is 44.8 Å². The van der Waals surface area contributed by atoms with Crippen LogP contribution < -0.4 is 0 Å². The summed E-state index contributed by atoms with van der Waals surface area (Å²) in [6.07, 6.45) is 1.13. The van der Waals surface area contributed by atoms with E-state index in [1.165, 1.54) is 0 Å². The summed E-state index contributed by atoms with van der Waals surface area (Å²) in [6.45, 7) is 5.88. The van der Waals surface area contributed by atoms with Gasteiger partial charge < -0.3 is 10.2 Å². The molecule has 0 heterocycles. The summed E-state index contributed by atoms with van der Waals surface area (Å²) in [5.74, 6) is 0. The van der Waals surface area contributed by atoms with E-state index in [4.69, 9.17) is 4.74 Å². The van der Waals surface area contributed by atoms with Crippen LogP contribution in [-0.4, -0.2) is 18.7 Å². The van der Waals surface area contributed by atoms with E-state index in [9.17, 15) is 0 Å². The summed E-state index contributed by atoms with van der Waals surface area (Å²) in [5.41, 5.74) is 0. The van der Waals surface area contributed by atoms with Crippen LogP contribution in [0, 0.1) is 0 Å². The van der Waals surface area contributed by atoms with Crippen molar-refractivity contribution in [3.8, 4) is 0 Å². The van der Waals surface area contributed by atoms with E-state index < -0.39 is 0 Å². The second kappa shape index (κ2) is 9.33. The molecule has 0 aromatic rings. The molecule has 0 fully saturated rings. The van der Waals surface area contributed by atoms with Gasteiger partial charge in [-0.25, -0.2) is 0 Å². The highest BCUT2D eigenvalue weighted by Crippen LogP contribution is 1.75. The fraction of sp³-hybridized carbons (Fsp3) is 1.00. The molecule has 46 valence electrons. The summed E-state index contributed by atoms with van der Waals surface area (Å²) in [4.78, 5) is 0. The minimum absolute atomic E-state index is 0. The highest BCUT2D eigenvalue weighted by atomic mass is 16.5. The third-order valence-electron chi connectivity index (χ3n) is 0.553. The average molecular weight is 106 g/mol. The Morgan fingerprint density at radius 1 is 1.29 bits per heavy atom. The Hall–Kier alpha value is -0.0800. The molecule has 0 radical (unpaired) electrons. The lowest BCUT2D eigenvalue weighted by Crippen LogP contribution is -1.88. The Balaban J connectivity index is 0.